The molecule has 0 aromatic carbocycles. The SMILES string of the molecule is CC1=C[C@H](O)[C@@H](O)[C@@]2(C)C1=CC(=O)[C@]1(C)[C@@H]2[C@@H](O)[C@@H]2OC(=O)[C@H]1[C@H]2C. The van der Waals surface area contributed by atoms with Crippen molar-refractivity contribution in [2.45, 2.75) is 52.1 Å². The summed E-state index contributed by atoms with van der Waals surface area (Å²) in [6.07, 6.45) is -1.05. The highest BCUT2D eigenvalue weighted by atomic mass is 16.6. The van der Waals surface area contributed by atoms with E-state index in [1.165, 1.54) is 12.2 Å². The van der Waals surface area contributed by atoms with Gasteiger partial charge in [0.1, 0.15) is 6.10 Å². The van der Waals surface area contributed by atoms with Crippen LogP contribution < -0.4 is 0 Å². The monoisotopic (exact) mass is 348 g/mol. The Kier molecular flexibility index (Phi) is 3.26. The summed E-state index contributed by atoms with van der Waals surface area (Å²) in [6.45, 7) is 7.06. The molecule has 0 radical (unpaired) electrons. The summed E-state index contributed by atoms with van der Waals surface area (Å²) in [5.74, 6) is -2.36. The minimum Gasteiger partial charge on any atom is -0.459 e. The molecule has 0 aromatic rings. The predicted octanol–water partition coefficient (Wildman–Crippen LogP) is 0.358. The normalized spacial score (nSPS) is 54.3. The number of fused-ring (bicyclic) bond motifs is 6. The van der Waals surface area contributed by atoms with Gasteiger partial charge in [-0.15, -0.1) is 0 Å². The Morgan fingerprint density at radius 3 is 2.40 bits per heavy atom. The second-order valence-corrected chi connectivity index (χ2v) is 8.48. The fourth-order valence-corrected chi connectivity index (χ4v) is 6.20. The predicted molar refractivity (Wildman–Crippen MR) is 87.1 cm³/mol. The summed E-state index contributed by atoms with van der Waals surface area (Å²) in [5.41, 5.74) is -0.899. The number of ketones is 1. The molecule has 9 atom stereocenters. The van der Waals surface area contributed by atoms with E-state index in [2.05, 4.69) is 0 Å². The summed E-state index contributed by atoms with van der Waals surface area (Å²) >= 11 is 0. The van der Waals surface area contributed by atoms with E-state index in [1.54, 1.807) is 20.8 Å². The van der Waals surface area contributed by atoms with Gasteiger partial charge in [-0.3, -0.25) is 9.59 Å². The minimum absolute atomic E-state index is 0.227. The zero-order valence-corrected chi connectivity index (χ0v) is 14.8. The molecule has 6 heteroatoms. The average Bonchev–Trinajstić information content (AvgIpc) is 2.78. The van der Waals surface area contributed by atoms with Crippen molar-refractivity contribution >= 4 is 11.8 Å². The van der Waals surface area contributed by atoms with Gasteiger partial charge in [-0.05, 0) is 24.1 Å². The minimum atomic E-state index is -1.18. The first kappa shape index (κ1) is 16.9. The van der Waals surface area contributed by atoms with E-state index in [-0.39, 0.29) is 11.7 Å². The number of ether oxygens (including phenoxy) is 1. The van der Waals surface area contributed by atoms with E-state index < -0.39 is 53.1 Å². The molecule has 0 unspecified atom stereocenters. The Morgan fingerprint density at radius 1 is 1.12 bits per heavy atom. The van der Waals surface area contributed by atoms with Crippen molar-refractivity contribution < 1.29 is 29.6 Å². The van der Waals surface area contributed by atoms with Crippen molar-refractivity contribution in [2.75, 3.05) is 0 Å². The second kappa shape index (κ2) is 4.81. The lowest BCUT2D eigenvalue weighted by atomic mass is 9.42. The van der Waals surface area contributed by atoms with Crippen molar-refractivity contribution in [3.63, 3.8) is 0 Å². The van der Waals surface area contributed by atoms with Crippen molar-refractivity contribution in [3.05, 3.63) is 23.3 Å². The number of hydrogen-bond donors (Lipinski definition) is 3. The van der Waals surface area contributed by atoms with Crippen molar-refractivity contribution in [1.82, 2.24) is 0 Å². The van der Waals surface area contributed by atoms with E-state index in [9.17, 15) is 24.9 Å². The molecule has 1 saturated carbocycles. The Morgan fingerprint density at radius 2 is 1.76 bits per heavy atom. The lowest BCUT2D eigenvalue weighted by Gasteiger charge is -2.60. The van der Waals surface area contributed by atoms with Crippen LogP contribution in [0.5, 0.6) is 0 Å². The molecule has 1 aliphatic heterocycles. The van der Waals surface area contributed by atoms with Gasteiger partial charge < -0.3 is 20.1 Å². The Hall–Kier alpha value is -1.50. The Bertz CT molecular complexity index is 738. The van der Waals surface area contributed by atoms with E-state index in [4.69, 9.17) is 4.74 Å². The van der Waals surface area contributed by atoms with Gasteiger partial charge in [-0.2, -0.15) is 0 Å². The third-order valence-corrected chi connectivity index (χ3v) is 7.34. The van der Waals surface area contributed by atoms with E-state index in [0.29, 0.717) is 11.1 Å². The number of aliphatic hydroxyl groups is 3. The molecular formula is C19H24O6. The quantitative estimate of drug-likeness (QED) is 0.546. The molecule has 4 aliphatic rings. The average molecular weight is 348 g/mol. The molecule has 0 aromatic heterocycles. The van der Waals surface area contributed by atoms with Gasteiger partial charge in [0.2, 0.25) is 0 Å². The highest BCUT2D eigenvalue weighted by molar-refractivity contribution is 6.01. The molecule has 4 rings (SSSR count). The van der Waals surface area contributed by atoms with Crippen LogP contribution >= 0.6 is 0 Å². The molecule has 25 heavy (non-hydrogen) atoms. The maximum atomic E-state index is 13.1. The lowest BCUT2D eigenvalue weighted by Crippen LogP contribution is -2.67. The van der Waals surface area contributed by atoms with Gasteiger partial charge in [-0.1, -0.05) is 26.8 Å². The smallest absolute Gasteiger partial charge is 0.310 e. The van der Waals surface area contributed by atoms with Crippen LogP contribution in [0.1, 0.15) is 27.7 Å². The highest BCUT2D eigenvalue weighted by Gasteiger charge is 2.73. The zero-order valence-electron chi connectivity index (χ0n) is 14.8. The number of aliphatic hydroxyl groups excluding tert-OH is 3. The van der Waals surface area contributed by atoms with Crippen LogP contribution in [0, 0.1) is 28.6 Å². The zero-order chi connectivity index (χ0) is 18.5. The molecule has 6 nitrogen and oxygen atoms in total. The van der Waals surface area contributed by atoms with Crippen molar-refractivity contribution in [2.24, 2.45) is 28.6 Å². The molecule has 3 N–H and O–H groups in total. The standard InChI is InChI=1S/C19H24O6/c1-7-5-10(20)16(23)18(3)9(7)6-11(21)19(4)12-8(2)14(25-17(12)24)13(22)15(18)19/h5-6,8,10,12-16,20,22-23H,1-4H3/t8-,10+,12-,13+,14-,15-,16-,18+,19+/m1/s1. The maximum Gasteiger partial charge on any atom is 0.310 e. The van der Waals surface area contributed by atoms with Crippen LogP contribution in [0.25, 0.3) is 0 Å². The van der Waals surface area contributed by atoms with Crippen LogP contribution in [0.2, 0.25) is 0 Å². The van der Waals surface area contributed by atoms with Crippen molar-refractivity contribution in [3.8, 4) is 0 Å². The Labute approximate surface area is 146 Å². The fraction of sp³-hybridized carbons (Fsp3) is 0.684. The first-order chi connectivity index (χ1) is 11.6. The molecule has 136 valence electrons. The van der Waals surface area contributed by atoms with Gasteiger partial charge in [-0.25, -0.2) is 0 Å². The van der Waals surface area contributed by atoms with Crippen molar-refractivity contribution in [1.29, 1.82) is 0 Å². The number of esters is 1. The summed E-state index contributed by atoms with van der Waals surface area (Å²) < 4.78 is 5.41. The van der Waals surface area contributed by atoms with Gasteiger partial charge in [0.15, 0.2) is 5.78 Å². The third kappa shape index (κ3) is 1.70. The molecule has 2 bridgehead atoms. The number of carbonyl (C=O) groups excluding carboxylic acids is 2. The number of carbonyl (C=O) groups is 2. The molecule has 0 amide bonds. The number of rotatable bonds is 0. The van der Waals surface area contributed by atoms with Gasteiger partial charge >= 0.3 is 5.97 Å². The molecule has 1 saturated heterocycles. The van der Waals surface area contributed by atoms with E-state index >= 15 is 0 Å². The summed E-state index contributed by atoms with van der Waals surface area (Å²) in [5, 5.41) is 32.2. The molecule has 3 aliphatic carbocycles. The molecule has 0 spiro atoms. The van der Waals surface area contributed by atoms with E-state index in [0.717, 1.165) is 0 Å². The largest absolute Gasteiger partial charge is 0.459 e. The Balaban J connectivity index is 2.00. The number of allylic oxidation sites excluding steroid dienone is 2. The van der Waals surface area contributed by atoms with Crippen LogP contribution in [-0.2, 0) is 14.3 Å². The third-order valence-electron chi connectivity index (χ3n) is 7.34. The van der Waals surface area contributed by atoms with Crippen LogP contribution in [0.15, 0.2) is 23.3 Å². The summed E-state index contributed by atoms with van der Waals surface area (Å²) in [6, 6.07) is 0. The topological polar surface area (TPSA) is 104 Å². The first-order valence-corrected chi connectivity index (χ1v) is 8.76. The van der Waals surface area contributed by atoms with Gasteiger partial charge in [0, 0.05) is 17.3 Å². The fourth-order valence-electron chi connectivity index (χ4n) is 6.20. The van der Waals surface area contributed by atoms with Crippen LogP contribution in [0.4, 0.5) is 0 Å². The summed E-state index contributed by atoms with van der Waals surface area (Å²) in [7, 11) is 0. The van der Waals surface area contributed by atoms with Crippen LogP contribution in [0.3, 0.4) is 0 Å². The molecular weight excluding hydrogens is 324 g/mol. The first-order valence-electron chi connectivity index (χ1n) is 8.76. The number of hydrogen-bond acceptors (Lipinski definition) is 6. The molecule has 1 heterocycles. The van der Waals surface area contributed by atoms with E-state index in [1.807, 2.05) is 6.92 Å². The lowest BCUT2D eigenvalue weighted by molar-refractivity contribution is -0.183. The second-order valence-electron chi connectivity index (χ2n) is 8.48. The van der Waals surface area contributed by atoms with Gasteiger partial charge in [0.25, 0.3) is 0 Å². The highest BCUT2D eigenvalue weighted by Crippen LogP contribution is 2.65. The van der Waals surface area contributed by atoms with Crippen LogP contribution in [-0.4, -0.2) is 51.5 Å². The van der Waals surface area contributed by atoms with Gasteiger partial charge in [0.05, 0.1) is 29.6 Å². The molecule has 2 fully saturated rings. The summed E-state index contributed by atoms with van der Waals surface area (Å²) in [4.78, 5) is 25.6. The maximum absolute atomic E-state index is 13.1.